The summed E-state index contributed by atoms with van der Waals surface area (Å²) in [4.78, 5) is 0. The Morgan fingerprint density at radius 3 is 2.00 bits per heavy atom. The van der Waals surface area contributed by atoms with Gasteiger partial charge in [-0.25, -0.2) is 0 Å². The summed E-state index contributed by atoms with van der Waals surface area (Å²) in [7, 11) is 0. The molecule has 0 nitrogen and oxygen atoms in total. The second-order valence-electron chi connectivity index (χ2n) is 5.52. The van der Waals surface area contributed by atoms with Gasteiger partial charge in [0, 0.05) is 5.88 Å². The van der Waals surface area contributed by atoms with Gasteiger partial charge < -0.3 is 0 Å². The van der Waals surface area contributed by atoms with E-state index in [0.717, 1.165) is 23.6 Å². The molecule has 0 fully saturated rings. The first-order valence-corrected chi connectivity index (χ1v) is 7.75. The van der Waals surface area contributed by atoms with Crippen LogP contribution in [-0.4, -0.2) is 5.88 Å². The summed E-state index contributed by atoms with van der Waals surface area (Å²) in [6.07, 6.45) is 9.43. The third kappa shape index (κ3) is 7.54. The van der Waals surface area contributed by atoms with Gasteiger partial charge in [0.15, 0.2) is 0 Å². The summed E-state index contributed by atoms with van der Waals surface area (Å²) in [6, 6.07) is 0. The molecule has 0 amide bonds. The van der Waals surface area contributed by atoms with Crippen molar-refractivity contribution in [3.05, 3.63) is 0 Å². The van der Waals surface area contributed by atoms with Crippen LogP contribution in [0, 0.1) is 17.8 Å². The summed E-state index contributed by atoms with van der Waals surface area (Å²) in [5.74, 6) is 3.25. The van der Waals surface area contributed by atoms with Crippen LogP contribution in [-0.2, 0) is 0 Å². The third-order valence-electron chi connectivity index (χ3n) is 3.77. The second-order valence-corrected chi connectivity index (χ2v) is 5.83. The maximum atomic E-state index is 6.12. The van der Waals surface area contributed by atoms with Gasteiger partial charge >= 0.3 is 0 Å². The Hall–Kier alpha value is 0.290. The van der Waals surface area contributed by atoms with Crippen molar-refractivity contribution >= 4 is 11.6 Å². The minimum atomic E-state index is 0.736. The average Bonchev–Trinajstić information content (AvgIpc) is 2.30. The largest absolute Gasteiger partial charge is 0.126 e. The van der Waals surface area contributed by atoms with E-state index in [-0.39, 0.29) is 0 Å². The Morgan fingerprint density at radius 1 is 0.938 bits per heavy atom. The number of rotatable bonds is 10. The fourth-order valence-corrected chi connectivity index (χ4v) is 2.83. The summed E-state index contributed by atoms with van der Waals surface area (Å²) in [5.41, 5.74) is 0. The molecule has 0 aliphatic rings. The third-order valence-corrected chi connectivity index (χ3v) is 4.17. The molecule has 16 heavy (non-hydrogen) atoms. The minimum absolute atomic E-state index is 0.736. The zero-order valence-electron chi connectivity index (χ0n) is 11.8. The van der Waals surface area contributed by atoms with Crippen molar-refractivity contribution in [2.24, 2.45) is 17.8 Å². The van der Waals surface area contributed by atoms with Crippen molar-refractivity contribution in [1.82, 2.24) is 0 Å². The van der Waals surface area contributed by atoms with Crippen LogP contribution < -0.4 is 0 Å². The highest BCUT2D eigenvalue weighted by Gasteiger charge is 2.18. The van der Waals surface area contributed by atoms with Gasteiger partial charge in [0.05, 0.1) is 0 Å². The van der Waals surface area contributed by atoms with Crippen molar-refractivity contribution in [2.45, 2.75) is 72.6 Å². The molecule has 0 radical (unpaired) electrons. The standard InChI is InChI=1S/C15H31Cl/c1-5-7-9-13(3)11-15(12-16)14(4)10-8-6-2/h13-15H,5-12H2,1-4H3. The predicted octanol–water partition coefficient (Wildman–Crippen LogP) is 5.88. The number of alkyl halides is 1. The fourth-order valence-electron chi connectivity index (χ4n) is 2.40. The zero-order chi connectivity index (χ0) is 12.4. The molecule has 1 heteroatoms. The number of unbranched alkanes of at least 4 members (excludes halogenated alkanes) is 2. The maximum absolute atomic E-state index is 6.12. The number of hydrogen-bond acceptors (Lipinski definition) is 0. The molecular weight excluding hydrogens is 216 g/mol. The Balaban J connectivity index is 3.87. The fraction of sp³-hybridized carbons (Fsp3) is 1.00. The lowest BCUT2D eigenvalue weighted by atomic mass is 9.83. The highest BCUT2D eigenvalue weighted by Crippen LogP contribution is 2.27. The van der Waals surface area contributed by atoms with Crippen LogP contribution in [0.25, 0.3) is 0 Å². The van der Waals surface area contributed by atoms with Gasteiger partial charge in [-0.15, -0.1) is 11.6 Å². The van der Waals surface area contributed by atoms with Crippen LogP contribution in [0.5, 0.6) is 0 Å². The molecule has 98 valence electrons. The molecule has 0 N–H and O–H groups in total. The van der Waals surface area contributed by atoms with Crippen LogP contribution in [0.4, 0.5) is 0 Å². The van der Waals surface area contributed by atoms with E-state index in [4.69, 9.17) is 11.6 Å². The minimum Gasteiger partial charge on any atom is -0.126 e. The predicted molar refractivity (Wildman–Crippen MR) is 76.2 cm³/mol. The van der Waals surface area contributed by atoms with Crippen molar-refractivity contribution in [1.29, 1.82) is 0 Å². The van der Waals surface area contributed by atoms with Gasteiger partial charge in [0.25, 0.3) is 0 Å². The zero-order valence-corrected chi connectivity index (χ0v) is 12.5. The van der Waals surface area contributed by atoms with Gasteiger partial charge in [-0.2, -0.15) is 0 Å². The van der Waals surface area contributed by atoms with Gasteiger partial charge in [-0.05, 0) is 24.2 Å². The SMILES string of the molecule is CCCCC(C)CC(CCl)C(C)CCCC. The first-order chi connectivity index (χ1) is 7.65. The molecule has 0 aromatic carbocycles. The Bertz CT molecular complexity index is 144. The Labute approximate surface area is 108 Å². The van der Waals surface area contributed by atoms with Crippen LogP contribution in [0.15, 0.2) is 0 Å². The van der Waals surface area contributed by atoms with Gasteiger partial charge in [0.1, 0.15) is 0 Å². The van der Waals surface area contributed by atoms with Crippen molar-refractivity contribution in [2.75, 3.05) is 5.88 Å². The second kappa shape index (κ2) is 10.4. The molecule has 0 aliphatic heterocycles. The first kappa shape index (κ1) is 16.3. The average molecular weight is 247 g/mol. The summed E-state index contributed by atoms with van der Waals surface area (Å²) in [6.45, 7) is 9.32. The van der Waals surface area contributed by atoms with E-state index in [1.54, 1.807) is 0 Å². The Kier molecular flexibility index (Phi) is 10.6. The topological polar surface area (TPSA) is 0 Å². The van der Waals surface area contributed by atoms with Gasteiger partial charge in [-0.3, -0.25) is 0 Å². The Morgan fingerprint density at radius 2 is 1.50 bits per heavy atom. The lowest BCUT2D eigenvalue weighted by molar-refractivity contribution is 0.288. The molecular formula is C15H31Cl. The molecule has 0 spiro atoms. The molecule has 0 bridgehead atoms. The molecule has 0 aromatic heterocycles. The van der Waals surface area contributed by atoms with E-state index < -0.39 is 0 Å². The molecule has 0 saturated heterocycles. The van der Waals surface area contributed by atoms with E-state index >= 15 is 0 Å². The van der Waals surface area contributed by atoms with E-state index in [0.29, 0.717) is 0 Å². The monoisotopic (exact) mass is 246 g/mol. The summed E-state index contributed by atoms with van der Waals surface area (Å²) >= 11 is 6.12. The molecule has 0 aromatic rings. The van der Waals surface area contributed by atoms with E-state index in [1.165, 1.54) is 44.9 Å². The van der Waals surface area contributed by atoms with Gasteiger partial charge in [0.2, 0.25) is 0 Å². The van der Waals surface area contributed by atoms with Crippen LogP contribution in [0.2, 0.25) is 0 Å². The van der Waals surface area contributed by atoms with Crippen LogP contribution >= 0.6 is 11.6 Å². The molecule has 0 heterocycles. The summed E-state index contributed by atoms with van der Waals surface area (Å²) in [5, 5.41) is 0. The highest BCUT2D eigenvalue weighted by molar-refractivity contribution is 6.18. The number of hydrogen-bond donors (Lipinski definition) is 0. The molecule has 0 aliphatic carbocycles. The normalized spacial score (nSPS) is 17.1. The molecule has 0 saturated carbocycles. The smallest absolute Gasteiger partial charge is 0.0254 e. The molecule has 3 atom stereocenters. The first-order valence-electron chi connectivity index (χ1n) is 7.21. The van der Waals surface area contributed by atoms with E-state index in [1.807, 2.05) is 0 Å². The molecule has 3 unspecified atom stereocenters. The van der Waals surface area contributed by atoms with E-state index in [9.17, 15) is 0 Å². The lowest BCUT2D eigenvalue weighted by Gasteiger charge is -2.25. The maximum Gasteiger partial charge on any atom is 0.0254 e. The quantitative estimate of drug-likeness (QED) is 0.422. The van der Waals surface area contributed by atoms with Crippen molar-refractivity contribution in [3.8, 4) is 0 Å². The van der Waals surface area contributed by atoms with Crippen molar-refractivity contribution < 1.29 is 0 Å². The van der Waals surface area contributed by atoms with Crippen LogP contribution in [0.3, 0.4) is 0 Å². The summed E-state index contributed by atoms with van der Waals surface area (Å²) < 4.78 is 0. The molecule has 0 rings (SSSR count). The number of halogens is 1. The van der Waals surface area contributed by atoms with E-state index in [2.05, 4.69) is 27.7 Å². The van der Waals surface area contributed by atoms with Crippen LogP contribution in [0.1, 0.15) is 72.6 Å². The highest BCUT2D eigenvalue weighted by atomic mass is 35.5. The van der Waals surface area contributed by atoms with Crippen molar-refractivity contribution in [3.63, 3.8) is 0 Å². The van der Waals surface area contributed by atoms with Gasteiger partial charge in [-0.1, -0.05) is 66.2 Å². The lowest BCUT2D eigenvalue weighted by Crippen LogP contribution is -2.17.